The van der Waals surface area contributed by atoms with E-state index in [4.69, 9.17) is 52.1 Å². The number of carboxylic acids is 1. The first kappa shape index (κ1) is 63.1. The van der Waals surface area contributed by atoms with Crippen LogP contribution in [0.5, 0.6) is 0 Å². The number of ketones is 1. The van der Waals surface area contributed by atoms with Crippen molar-refractivity contribution in [2.75, 3.05) is 6.61 Å². The maximum atomic E-state index is 14.5. The zero-order chi connectivity index (χ0) is 58.9. The number of esters is 1. The minimum atomic E-state index is -1.08. The van der Waals surface area contributed by atoms with Gasteiger partial charge in [-0.15, -0.1) is 0 Å². The molecule has 10 rings (SSSR count). The van der Waals surface area contributed by atoms with Crippen LogP contribution in [0.2, 0.25) is 0 Å². The number of hydrogen-bond donors (Lipinski definition) is 2. The third kappa shape index (κ3) is 14.0. The van der Waals surface area contributed by atoms with Crippen LogP contribution in [0.25, 0.3) is 0 Å². The number of hydrogen-bond acceptors (Lipinski definition) is 16. The molecule has 0 saturated carbocycles. The van der Waals surface area contributed by atoms with Gasteiger partial charge in [-0.2, -0.15) is 0 Å². The van der Waals surface area contributed by atoms with E-state index in [1.807, 2.05) is 13.8 Å². The second-order valence-electron chi connectivity index (χ2n) is 27.9. The molecule has 0 radical (unpaired) electrons. The van der Waals surface area contributed by atoms with Gasteiger partial charge in [-0.3, -0.25) is 4.79 Å². The topological polar surface area (TPSA) is 210 Å². The number of Topliss-reactive ketones (excluding diaryl/α,β-unsaturated/α-hetero) is 1. The van der Waals surface area contributed by atoms with Gasteiger partial charge in [0, 0.05) is 82.5 Å². The van der Waals surface area contributed by atoms with Gasteiger partial charge in [0.1, 0.15) is 36.3 Å². The summed E-state index contributed by atoms with van der Waals surface area (Å²) in [4.78, 5) is 49.2. The quantitative estimate of drug-likeness (QED) is 0.0320. The van der Waals surface area contributed by atoms with Gasteiger partial charge in [0.05, 0.1) is 95.7 Å². The van der Waals surface area contributed by atoms with E-state index < -0.39 is 70.6 Å². The third-order valence-corrected chi connectivity index (χ3v) is 21.2. The maximum Gasteiger partial charge on any atom is 0.331 e. The summed E-state index contributed by atoms with van der Waals surface area (Å²) >= 11 is 0. The molecule has 466 valence electrons. The van der Waals surface area contributed by atoms with Crippen LogP contribution >= 0.6 is 0 Å². The Bertz CT molecular complexity index is 2360. The molecule has 22 atom stereocenters. The van der Waals surface area contributed by atoms with E-state index in [1.54, 1.807) is 0 Å². The summed E-state index contributed by atoms with van der Waals surface area (Å²) in [7, 11) is 0. The van der Waals surface area contributed by atoms with Crippen LogP contribution in [0.15, 0.2) is 36.0 Å². The van der Waals surface area contributed by atoms with Crippen LogP contribution < -0.4 is 0 Å². The van der Waals surface area contributed by atoms with Crippen LogP contribution in [0.1, 0.15) is 215 Å². The van der Waals surface area contributed by atoms with E-state index in [-0.39, 0.29) is 97.1 Å². The number of rotatable bonds is 23. The van der Waals surface area contributed by atoms with E-state index >= 15 is 0 Å². The van der Waals surface area contributed by atoms with Gasteiger partial charge in [-0.05, 0) is 85.1 Å². The van der Waals surface area contributed by atoms with Crippen molar-refractivity contribution in [1.82, 2.24) is 0 Å². The average Bonchev–Trinajstić information content (AvgIpc) is 2.24. The average molecular weight is 1170 g/mol. The second-order valence-corrected chi connectivity index (χ2v) is 27.9. The molecule has 0 aromatic heterocycles. The lowest BCUT2D eigenvalue weighted by molar-refractivity contribution is -0.356. The van der Waals surface area contributed by atoms with Crippen molar-refractivity contribution in [2.24, 2.45) is 5.92 Å². The SMILES string of the molecule is C=C(CC1C[C@H](O)[C@]2(C)O[C@@H]3C[C@@H]4O[C@@H]5C[C@]6(C)O[C@]7(C)CCC(=O)[C@@H]([C@H](C)C[C@@H]8O[C@@H]9C[C@@H]%10OC(=O)C=C(C)[C@H]%10O[C@@]9(C)C[C@H]8OCCCCCCCCCCCCCCCC=O)O[C@H]7C[C@H]6O[C@@]5(C)C/C=C\[C@H]4O[C@H]3C[C@H]2O1)C(=O)O. The Morgan fingerprint density at radius 1 is 0.723 bits per heavy atom. The number of ether oxygens (including phenoxy) is 11. The maximum absolute atomic E-state index is 14.5. The number of carboxylic acid groups (broad SMARTS) is 1. The molecule has 0 bridgehead atoms. The lowest BCUT2D eigenvalue weighted by Crippen LogP contribution is -2.70. The Labute approximate surface area is 493 Å². The van der Waals surface area contributed by atoms with E-state index in [0.29, 0.717) is 77.2 Å². The second kappa shape index (κ2) is 26.4. The molecule has 2 N–H and O–H groups in total. The Kier molecular flexibility index (Phi) is 20.1. The van der Waals surface area contributed by atoms with E-state index in [2.05, 4.69) is 53.3 Å². The summed E-state index contributed by atoms with van der Waals surface area (Å²) in [5, 5.41) is 21.0. The van der Waals surface area contributed by atoms with Crippen molar-refractivity contribution in [1.29, 1.82) is 0 Å². The van der Waals surface area contributed by atoms with Gasteiger partial charge >= 0.3 is 11.9 Å². The van der Waals surface area contributed by atoms with Crippen molar-refractivity contribution in [3.8, 4) is 0 Å². The minimum absolute atomic E-state index is 0.0431. The van der Waals surface area contributed by atoms with Crippen molar-refractivity contribution < 1.29 is 81.5 Å². The number of aliphatic hydroxyl groups is 1. The monoisotopic (exact) mass is 1160 g/mol. The Morgan fingerprint density at radius 2 is 1.41 bits per heavy atom. The smallest absolute Gasteiger partial charge is 0.331 e. The molecule has 0 spiro atoms. The van der Waals surface area contributed by atoms with E-state index in [0.717, 1.165) is 37.5 Å². The molecule has 10 heterocycles. The molecule has 0 aromatic rings. The van der Waals surface area contributed by atoms with Crippen LogP contribution in [-0.2, 0) is 71.3 Å². The predicted octanol–water partition coefficient (Wildman–Crippen LogP) is 10.2. The molecular formula is C66H100O17. The fraction of sp³-hybridized carbons (Fsp3) is 0.848. The summed E-state index contributed by atoms with van der Waals surface area (Å²) in [5.41, 5.74) is -3.02. The first-order valence-electron chi connectivity index (χ1n) is 32.3. The zero-order valence-electron chi connectivity index (χ0n) is 50.9. The normalized spacial score (nSPS) is 44.6. The van der Waals surface area contributed by atoms with Gasteiger partial charge < -0.3 is 67.1 Å². The Morgan fingerprint density at radius 3 is 2.12 bits per heavy atom. The van der Waals surface area contributed by atoms with Gasteiger partial charge in [0.15, 0.2) is 5.78 Å². The van der Waals surface area contributed by atoms with Gasteiger partial charge in [-0.1, -0.05) is 96.3 Å². The summed E-state index contributed by atoms with van der Waals surface area (Å²) in [6.07, 6.45) is 21.7. The van der Waals surface area contributed by atoms with E-state index in [9.17, 15) is 29.4 Å². The van der Waals surface area contributed by atoms with Crippen molar-refractivity contribution in [3.05, 3.63) is 36.0 Å². The summed E-state index contributed by atoms with van der Waals surface area (Å²) < 4.78 is 75.4. The number of aldehydes is 1. The summed E-state index contributed by atoms with van der Waals surface area (Å²) in [6, 6.07) is 0. The number of fused-ring (bicyclic) bond motifs is 8. The van der Waals surface area contributed by atoms with Crippen molar-refractivity contribution in [3.63, 3.8) is 0 Å². The zero-order valence-corrected chi connectivity index (χ0v) is 50.9. The molecule has 1 unspecified atom stereocenters. The first-order chi connectivity index (χ1) is 39.6. The molecule has 0 amide bonds. The molecule has 83 heavy (non-hydrogen) atoms. The fourth-order valence-corrected chi connectivity index (χ4v) is 16.0. The highest BCUT2D eigenvalue weighted by molar-refractivity contribution is 5.86. The molecule has 10 aliphatic heterocycles. The standard InChI is InChI=1S/C66H100O17/c1-40(31-46-51(38-64(6)53(76-46)36-50-60(82-64)41(2)32-58(70)78-50)73-29-22-20-18-16-14-12-10-9-11-13-15-17-19-21-28-67)59-44(68)25-27-63(5)54(79-59)37-55-65(7,83-63)39-57-62(4,81-55)26-23-24-45-47(77-57)34-49-48(75-45)35-56-66(8,80-49)52(69)33-43(74-56)30-42(3)61(71)72/h23-24,28,32,40,43,45-57,59-60,69H,3,9-22,25-27,29-31,33-39H2,1-2,4-8H3,(H,71,72)/b24-23-/t40-,43?,45-,46+,47+,48+,49-,50+,51-,52+,53-,54+,55-,56-,57-,59-,60-,62+,63-,64+,65+,66+/m1/s1. The number of aliphatic carboxylic acids is 1. The van der Waals surface area contributed by atoms with Gasteiger partial charge in [0.25, 0.3) is 0 Å². The highest BCUT2D eigenvalue weighted by atomic mass is 16.6. The molecular weight excluding hydrogens is 1060 g/mol. The summed E-state index contributed by atoms with van der Waals surface area (Å²) in [5.74, 6) is -1.60. The number of unbranched alkanes of at least 4 members (excludes halogenated alkanes) is 13. The number of aliphatic hydroxyl groups excluding tert-OH is 1. The van der Waals surface area contributed by atoms with Crippen LogP contribution in [0, 0.1) is 5.92 Å². The van der Waals surface area contributed by atoms with Crippen LogP contribution in [0.3, 0.4) is 0 Å². The fourth-order valence-electron chi connectivity index (χ4n) is 16.0. The first-order valence-corrected chi connectivity index (χ1v) is 32.3. The Balaban J connectivity index is 0.756. The van der Waals surface area contributed by atoms with Crippen molar-refractivity contribution >= 4 is 24.0 Å². The Hall–Kier alpha value is -2.94. The largest absolute Gasteiger partial charge is 0.478 e. The highest BCUT2D eigenvalue weighted by Gasteiger charge is 2.64. The molecule has 8 fully saturated rings. The lowest BCUT2D eigenvalue weighted by atomic mass is 9.72. The van der Waals surface area contributed by atoms with Crippen molar-refractivity contribution in [2.45, 2.75) is 341 Å². The third-order valence-electron chi connectivity index (χ3n) is 21.2. The van der Waals surface area contributed by atoms with Gasteiger partial charge in [0.2, 0.25) is 0 Å². The molecule has 0 aromatic carbocycles. The number of carbonyl (C=O) groups excluding carboxylic acids is 3. The van der Waals surface area contributed by atoms with Crippen LogP contribution in [-0.4, -0.2) is 166 Å². The molecule has 10 aliphatic rings. The predicted molar refractivity (Wildman–Crippen MR) is 307 cm³/mol. The van der Waals surface area contributed by atoms with E-state index in [1.165, 1.54) is 63.9 Å². The van der Waals surface area contributed by atoms with Crippen LogP contribution in [0.4, 0.5) is 0 Å². The molecule has 17 nitrogen and oxygen atoms in total. The molecule has 17 heteroatoms. The molecule has 8 saturated heterocycles. The number of carbonyl (C=O) groups is 4. The lowest BCUT2D eigenvalue weighted by Gasteiger charge is -2.60. The highest BCUT2D eigenvalue weighted by Crippen LogP contribution is 2.54. The molecule has 0 aliphatic carbocycles. The van der Waals surface area contributed by atoms with Gasteiger partial charge in [-0.25, -0.2) is 9.59 Å². The minimum Gasteiger partial charge on any atom is -0.478 e. The summed E-state index contributed by atoms with van der Waals surface area (Å²) in [6.45, 7) is 18.6.